The van der Waals surface area contributed by atoms with Crippen molar-refractivity contribution in [3.63, 3.8) is 0 Å². The van der Waals surface area contributed by atoms with Gasteiger partial charge in [0.1, 0.15) is 13.2 Å². The summed E-state index contributed by atoms with van der Waals surface area (Å²) in [6, 6.07) is 0. The number of aliphatic carboxylic acids is 1. The number of allylic oxidation sites excluding steroid dienone is 14. The Labute approximate surface area is 474 Å². The average Bonchev–Trinajstić information content (AvgIpc) is 3.40. The number of carbonyl (C=O) groups excluding carboxylic acids is 3. The second-order valence-electron chi connectivity index (χ2n) is 22.3. The van der Waals surface area contributed by atoms with Gasteiger partial charge in [-0.3, -0.25) is 9.59 Å². The summed E-state index contributed by atoms with van der Waals surface area (Å²) in [4.78, 5) is 37.3. The molecule has 0 aliphatic rings. The van der Waals surface area contributed by atoms with E-state index in [1.54, 1.807) is 0 Å². The predicted octanol–water partition coefficient (Wildman–Crippen LogP) is 17.8. The zero-order valence-corrected chi connectivity index (χ0v) is 50.6. The van der Waals surface area contributed by atoms with Gasteiger partial charge in [0.15, 0.2) is 12.4 Å². The molecule has 0 aromatic rings. The number of carbonyl (C=O) groups is 3. The molecule has 0 aliphatic heterocycles. The maximum absolute atomic E-state index is 12.9. The molecule has 9 heteroatoms. The predicted molar refractivity (Wildman–Crippen MR) is 324 cm³/mol. The van der Waals surface area contributed by atoms with Crippen molar-refractivity contribution in [2.75, 3.05) is 47.5 Å². The minimum Gasteiger partial charge on any atom is -0.545 e. The van der Waals surface area contributed by atoms with Gasteiger partial charge in [-0.05, 0) is 89.9 Å². The highest BCUT2D eigenvalue weighted by Crippen LogP contribution is 2.17. The van der Waals surface area contributed by atoms with Crippen LogP contribution in [-0.2, 0) is 33.3 Å². The second kappa shape index (κ2) is 58.6. The number of carboxylic acids is 1. The number of carboxylic acid groups (broad SMARTS) is 1. The lowest BCUT2D eigenvalue weighted by Crippen LogP contribution is -2.44. The molecule has 0 amide bonds. The molecule has 0 fully saturated rings. The Bertz CT molecular complexity index is 1540. The third-order valence-electron chi connectivity index (χ3n) is 13.6. The maximum Gasteiger partial charge on any atom is 0.306 e. The van der Waals surface area contributed by atoms with Crippen LogP contribution in [0.3, 0.4) is 0 Å². The summed E-state index contributed by atoms with van der Waals surface area (Å²) < 4.78 is 22.7. The van der Waals surface area contributed by atoms with Gasteiger partial charge in [-0.15, -0.1) is 0 Å². The van der Waals surface area contributed by atoms with Gasteiger partial charge in [-0.25, -0.2) is 0 Å². The Hall–Kier alpha value is -3.53. The van der Waals surface area contributed by atoms with Crippen LogP contribution in [0.4, 0.5) is 0 Å². The Balaban J connectivity index is 4.08. The first kappa shape index (κ1) is 73.5. The molecule has 0 saturated heterocycles. The van der Waals surface area contributed by atoms with E-state index in [0.717, 1.165) is 83.5 Å². The van der Waals surface area contributed by atoms with Crippen molar-refractivity contribution in [3.8, 4) is 0 Å². The molecule has 9 nitrogen and oxygen atoms in total. The van der Waals surface area contributed by atoms with Gasteiger partial charge in [0, 0.05) is 12.8 Å². The summed E-state index contributed by atoms with van der Waals surface area (Å²) in [6.45, 7) is 4.62. The quantitative estimate of drug-likeness (QED) is 0.0195. The molecule has 0 rings (SSSR count). The van der Waals surface area contributed by atoms with E-state index in [1.165, 1.54) is 154 Å². The van der Waals surface area contributed by atoms with Crippen molar-refractivity contribution >= 4 is 17.9 Å². The Morgan fingerprint density at radius 2 is 0.740 bits per heavy atom. The molecule has 0 bridgehead atoms. The van der Waals surface area contributed by atoms with Crippen LogP contribution in [0.2, 0.25) is 0 Å². The van der Waals surface area contributed by atoms with Crippen LogP contribution in [0.5, 0.6) is 0 Å². The van der Waals surface area contributed by atoms with Crippen LogP contribution in [0, 0.1) is 0 Å². The largest absolute Gasteiger partial charge is 0.545 e. The highest BCUT2D eigenvalue weighted by atomic mass is 16.7. The van der Waals surface area contributed by atoms with Crippen LogP contribution < -0.4 is 5.11 Å². The molecular weight excluding hydrogens is 959 g/mol. The standard InChI is InChI=1S/C68H119NO8/c1-6-8-10-12-14-16-18-20-22-24-25-26-27-28-29-30-31-32-33-34-35-36-37-38-39-40-41-43-45-47-49-51-53-55-57-59-66(71)77-64(63-76-68(67(72)73)74-61-60-69(3,4)5)62-75-65(70)58-56-54-52-50-48-46-44-42-23-21-19-17-15-13-11-9-7-2/h8,10,14-17,20-23,25-26,28-29,64,68H,6-7,9,11-13,18-19,24,27,30-63H2,1-5H3/b10-8-,16-14-,17-15-,22-20-,23-21-,26-25-,29-28-. The number of unbranched alkanes of at least 4 members (excludes halogenated alkanes) is 29. The summed E-state index contributed by atoms with van der Waals surface area (Å²) in [7, 11) is 5.92. The van der Waals surface area contributed by atoms with Crippen LogP contribution >= 0.6 is 0 Å². The van der Waals surface area contributed by atoms with Gasteiger partial charge in [0.05, 0.1) is 40.3 Å². The normalized spacial score (nSPS) is 13.3. The Morgan fingerprint density at radius 1 is 0.403 bits per heavy atom. The van der Waals surface area contributed by atoms with E-state index in [1.807, 2.05) is 21.1 Å². The summed E-state index contributed by atoms with van der Waals surface area (Å²) in [5.41, 5.74) is 0. The number of nitrogens with zero attached hydrogens (tertiary/aromatic N) is 1. The highest BCUT2D eigenvalue weighted by Gasteiger charge is 2.22. The van der Waals surface area contributed by atoms with Crippen molar-refractivity contribution in [2.45, 2.75) is 283 Å². The van der Waals surface area contributed by atoms with Gasteiger partial charge in [-0.2, -0.15) is 0 Å². The number of likely N-dealkylation sites (N-methyl/N-ethyl adjacent to an activating group) is 1. The van der Waals surface area contributed by atoms with E-state index in [2.05, 4.69) is 98.9 Å². The van der Waals surface area contributed by atoms with Crippen molar-refractivity contribution in [1.82, 2.24) is 0 Å². The number of hydrogen-bond acceptors (Lipinski definition) is 8. The summed E-state index contributed by atoms with van der Waals surface area (Å²) in [5, 5.41) is 11.8. The SMILES string of the molecule is CC/C=C\C/C=C\C/C=C\C/C=C\C/C=C\CCCCCCCCCCCCCCCCCCCCCC(=O)OC(COC(=O)CCCCCCCCC/C=C\C/C=C\CCCCC)COC(OCC[N+](C)(C)C)C(=O)[O-]. The van der Waals surface area contributed by atoms with Crippen molar-refractivity contribution in [3.05, 3.63) is 85.1 Å². The molecule has 0 aromatic heterocycles. The van der Waals surface area contributed by atoms with E-state index >= 15 is 0 Å². The lowest BCUT2D eigenvalue weighted by molar-refractivity contribution is -0.870. The van der Waals surface area contributed by atoms with Gasteiger partial charge in [0.25, 0.3) is 0 Å². The zero-order valence-electron chi connectivity index (χ0n) is 50.6. The molecule has 2 atom stereocenters. The summed E-state index contributed by atoms with van der Waals surface area (Å²) in [5.74, 6) is -2.29. The third-order valence-corrected chi connectivity index (χ3v) is 13.6. The molecule has 444 valence electrons. The van der Waals surface area contributed by atoms with Crippen LogP contribution in [0.1, 0.15) is 271 Å². The lowest BCUT2D eigenvalue weighted by Gasteiger charge is -2.26. The fraction of sp³-hybridized carbons (Fsp3) is 0.750. The first-order chi connectivity index (χ1) is 37.6. The number of hydrogen-bond donors (Lipinski definition) is 0. The van der Waals surface area contributed by atoms with Crippen LogP contribution in [0.15, 0.2) is 85.1 Å². The number of rotatable bonds is 58. The molecule has 0 aromatic carbocycles. The van der Waals surface area contributed by atoms with Crippen molar-refractivity contribution in [2.24, 2.45) is 0 Å². The number of ether oxygens (including phenoxy) is 4. The second-order valence-corrected chi connectivity index (χ2v) is 22.3. The molecule has 0 spiro atoms. The van der Waals surface area contributed by atoms with Gasteiger partial charge < -0.3 is 33.3 Å². The van der Waals surface area contributed by atoms with Gasteiger partial charge in [0.2, 0.25) is 0 Å². The van der Waals surface area contributed by atoms with Gasteiger partial charge >= 0.3 is 11.9 Å². The Kier molecular flexibility index (Phi) is 55.9. The average molecular weight is 1080 g/mol. The summed E-state index contributed by atoms with van der Waals surface area (Å²) >= 11 is 0. The first-order valence-electron chi connectivity index (χ1n) is 31.7. The van der Waals surface area contributed by atoms with Crippen LogP contribution in [0.25, 0.3) is 0 Å². The van der Waals surface area contributed by atoms with Crippen molar-refractivity contribution in [1.29, 1.82) is 0 Å². The minimum atomic E-state index is -1.62. The number of quaternary nitrogens is 1. The van der Waals surface area contributed by atoms with E-state index < -0.39 is 24.3 Å². The molecule has 77 heavy (non-hydrogen) atoms. The number of esters is 2. The molecular formula is C68H119NO8. The molecule has 0 heterocycles. The van der Waals surface area contributed by atoms with E-state index in [4.69, 9.17) is 18.9 Å². The smallest absolute Gasteiger partial charge is 0.306 e. The lowest BCUT2D eigenvalue weighted by atomic mass is 10.0. The molecule has 0 radical (unpaired) electrons. The highest BCUT2D eigenvalue weighted by molar-refractivity contribution is 5.70. The summed E-state index contributed by atoms with van der Waals surface area (Å²) in [6.07, 6.45) is 75.1. The molecule has 0 aliphatic carbocycles. The Morgan fingerprint density at radius 3 is 1.10 bits per heavy atom. The van der Waals surface area contributed by atoms with E-state index in [-0.39, 0.29) is 38.6 Å². The van der Waals surface area contributed by atoms with E-state index in [9.17, 15) is 19.5 Å². The van der Waals surface area contributed by atoms with Gasteiger partial charge in [-0.1, -0.05) is 253 Å². The third kappa shape index (κ3) is 60.0. The monoisotopic (exact) mass is 1080 g/mol. The first-order valence-corrected chi connectivity index (χ1v) is 31.7. The molecule has 0 N–H and O–H groups in total. The topological polar surface area (TPSA) is 111 Å². The fourth-order valence-corrected chi connectivity index (χ4v) is 8.77. The zero-order chi connectivity index (χ0) is 56.2. The molecule has 2 unspecified atom stereocenters. The van der Waals surface area contributed by atoms with E-state index in [0.29, 0.717) is 17.4 Å². The maximum atomic E-state index is 12.9. The van der Waals surface area contributed by atoms with Crippen LogP contribution in [-0.4, -0.2) is 82.3 Å². The van der Waals surface area contributed by atoms with Crippen molar-refractivity contribution < 1.29 is 42.9 Å². The molecule has 0 saturated carbocycles. The fourth-order valence-electron chi connectivity index (χ4n) is 8.77. The minimum absolute atomic E-state index is 0.145.